The largest absolute Gasteiger partial charge is 0.457 e. The average molecular weight is 144 g/mol. The zero-order valence-corrected chi connectivity index (χ0v) is 7.72. The molecule has 0 aromatic carbocycles. The topological polar surface area (TPSA) is 0 Å². The van der Waals surface area contributed by atoms with Crippen LogP contribution in [0.1, 0.15) is 0 Å². The van der Waals surface area contributed by atoms with Crippen LogP contribution in [0.5, 0.6) is 0 Å². The van der Waals surface area contributed by atoms with Crippen LogP contribution in [0, 0.1) is 14.1 Å². The lowest BCUT2D eigenvalue weighted by Crippen LogP contribution is -2.44. The highest BCUT2D eigenvalue weighted by atomic mass is 15.3. The van der Waals surface area contributed by atoms with E-state index < -0.39 is 0 Å². The van der Waals surface area contributed by atoms with Gasteiger partial charge in [0.2, 0.25) is 0 Å². The van der Waals surface area contributed by atoms with E-state index in [9.17, 15) is 0 Å². The van der Waals surface area contributed by atoms with Gasteiger partial charge in [0.25, 0.3) is 0 Å². The van der Waals surface area contributed by atoms with Gasteiger partial charge in [0, 0.05) is 28.2 Å². The van der Waals surface area contributed by atoms with Crippen molar-refractivity contribution in [1.82, 2.24) is 0 Å². The molecule has 0 unspecified atom stereocenters. The number of quaternary nitrogens is 2. The molecule has 0 saturated heterocycles. The van der Waals surface area contributed by atoms with E-state index in [1.54, 1.807) is 0 Å². The summed E-state index contributed by atoms with van der Waals surface area (Å²) in [6, 6.07) is 0. The third-order valence-electron chi connectivity index (χ3n) is 1.31. The van der Waals surface area contributed by atoms with Crippen molar-refractivity contribution >= 4 is 0 Å². The molecular weight excluding hydrogens is 124 g/mol. The van der Waals surface area contributed by atoms with Crippen molar-refractivity contribution in [2.45, 2.75) is 0 Å². The molecule has 0 aromatic heterocycles. The number of nitrogens with zero attached hydrogens (tertiary/aromatic N) is 2. The Morgan fingerprint density at radius 1 is 0.800 bits per heavy atom. The fourth-order valence-corrected chi connectivity index (χ4v) is 0.541. The average Bonchev–Trinajstić information content (AvgIpc) is 1.57. The van der Waals surface area contributed by atoms with Gasteiger partial charge in [-0.05, 0) is 0 Å². The smallest absolute Gasteiger partial charge is 0.102 e. The summed E-state index contributed by atoms with van der Waals surface area (Å²) in [6.45, 7) is 2.13. The predicted molar refractivity (Wildman–Crippen MR) is 44.7 cm³/mol. The van der Waals surface area contributed by atoms with E-state index in [-0.39, 0.29) is 0 Å². The molecule has 0 saturated carbocycles. The lowest BCUT2D eigenvalue weighted by Gasteiger charge is -2.39. The van der Waals surface area contributed by atoms with Crippen molar-refractivity contribution in [3.8, 4) is 0 Å². The Labute approximate surface area is 65.2 Å². The van der Waals surface area contributed by atoms with E-state index >= 15 is 0 Å². The van der Waals surface area contributed by atoms with Crippen molar-refractivity contribution in [3.63, 3.8) is 0 Å². The second-order valence-corrected chi connectivity index (χ2v) is 4.32. The SMILES string of the molecule is [CH2-][N+](C)(C)CC[N+]([CH2-])(C)C. The van der Waals surface area contributed by atoms with Gasteiger partial charge in [0.1, 0.15) is 13.1 Å². The van der Waals surface area contributed by atoms with Gasteiger partial charge < -0.3 is 8.97 Å². The second-order valence-electron chi connectivity index (χ2n) is 4.32. The highest BCUT2D eigenvalue weighted by Crippen LogP contribution is 1.97. The molecule has 0 amide bonds. The van der Waals surface area contributed by atoms with Gasteiger partial charge in [-0.25, -0.2) is 0 Å². The molecular formula is C8H20N2. The summed E-state index contributed by atoms with van der Waals surface area (Å²) in [5.41, 5.74) is 0. The molecule has 0 fully saturated rings. The van der Waals surface area contributed by atoms with Crippen LogP contribution in [-0.2, 0) is 0 Å². The van der Waals surface area contributed by atoms with Crippen molar-refractivity contribution in [2.75, 3.05) is 41.3 Å². The van der Waals surface area contributed by atoms with Crippen molar-refractivity contribution in [2.24, 2.45) is 0 Å². The van der Waals surface area contributed by atoms with Crippen molar-refractivity contribution in [3.05, 3.63) is 14.1 Å². The van der Waals surface area contributed by atoms with Gasteiger partial charge in [-0.3, -0.25) is 0 Å². The number of likely N-dealkylation sites (N-methyl/N-ethyl adjacent to an activating group) is 2. The molecule has 0 aromatic rings. The molecule has 0 aliphatic heterocycles. The third-order valence-corrected chi connectivity index (χ3v) is 1.31. The Hall–Kier alpha value is -0.0800. The quantitative estimate of drug-likeness (QED) is 0.404. The van der Waals surface area contributed by atoms with Gasteiger partial charge in [-0.1, -0.05) is 0 Å². The minimum Gasteiger partial charge on any atom is -0.457 e. The fraction of sp³-hybridized carbons (Fsp3) is 0.750. The predicted octanol–water partition coefficient (Wildman–Crippen LogP) is 0.722. The maximum atomic E-state index is 3.97. The van der Waals surface area contributed by atoms with Crippen molar-refractivity contribution in [1.29, 1.82) is 0 Å². The molecule has 10 heavy (non-hydrogen) atoms. The van der Waals surface area contributed by atoms with Crippen LogP contribution in [0.3, 0.4) is 0 Å². The first-order chi connectivity index (χ1) is 4.21. The maximum Gasteiger partial charge on any atom is 0.102 e. The standard InChI is InChI=1S/C8H20N2/c1-9(2,3)7-8-10(4,5)6/h1,4,7-8H2,2-3,5-6H3. The summed E-state index contributed by atoms with van der Waals surface area (Å²) in [7, 11) is 16.3. The molecule has 62 valence electrons. The lowest BCUT2D eigenvalue weighted by atomic mass is 10.4. The van der Waals surface area contributed by atoms with Crippen molar-refractivity contribution < 1.29 is 8.97 Å². The normalized spacial score (nSPS) is 13.8. The fourth-order valence-electron chi connectivity index (χ4n) is 0.541. The molecule has 0 aliphatic carbocycles. The number of hydrogen-bond donors (Lipinski definition) is 0. The van der Waals surface area contributed by atoms with Crippen LogP contribution < -0.4 is 0 Å². The highest BCUT2D eigenvalue weighted by molar-refractivity contribution is 4.31. The molecule has 0 aliphatic rings. The lowest BCUT2D eigenvalue weighted by molar-refractivity contribution is -0.903. The Morgan fingerprint density at radius 3 is 1.10 bits per heavy atom. The molecule has 0 rings (SSSR count). The molecule has 0 heterocycles. The summed E-state index contributed by atoms with van der Waals surface area (Å²) in [6.07, 6.45) is 0. The maximum absolute atomic E-state index is 3.97. The van der Waals surface area contributed by atoms with E-state index in [0.717, 1.165) is 22.1 Å². The summed E-state index contributed by atoms with van der Waals surface area (Å²) in [5, 5.41) is 0. The first-order valence-corrected chi connectivity index (χ1v) is 3.55. The molecule has 0 N–H and O–H groups in total. The summed E-state index contributed by atoms with van der Waals surface area (Å²) in [5.74, 6) is 0. The molecule has 0 bridgehead atoms. The van der Waals surface area contributed by atoms with E-state index in [1.165, 1.54) is 0 Å². The first-order valence-electron chi connectivity index (χ1n) is 3.55. The molecule has 0 radical (unpaired) electrons. The summed E-state index contributed by atoms with van der Waals surface area (Å²) >= 11 is 0. The van der Waals surface area contributed by atoms with Gasteiger partial charge in [-0.15, -0.1) is 14.1 Å². The van der Waals surface area contributed by atoms with Crippen LogP contribution in [0.15, 0.2) is 0 Å². The highest BCUT2D eigenvalue weighted by Gasteiger charge is 2.06. The minimum absolute atomic E-state index is 0.775. The molecule has 0 atom stereocenters. The zero-order chi connectivity index (χ0) is 8.41. The van der Waals surface area contributed by atoms with Gasteiger partial charge in [-0.2, -0.15) is 0 Å². The van der Waals surface area contributed by atoms with Gasteiger partial charge >= 0.3 is 0 Å². The first kappa shape index (κ1) is 9.92. The Bertz CT molecular complexity index is 80.8. The number of hydrogen-bond acceptors (Lipinski definition) is 0. The second kappa shape index (κ2) is 2.89. The molecule has 2 nitrogen and oxygen atoms in total. The van der Waals surface area contributed by atoms with E-state index in [0.29, 0.717) is 0 Å². The monoisotopic (exact) mass is 144 g/mol. The molecule has 2 heteroatoms. The van der Waals surface area contributed by atoms with Crippen LogP contribution >= 0.6 is 0 Å². The van der Waals surface area contributed by atoms with Gasteiger partial charge in [0.15, 0.2) is 0 Å². The van der Waals surface area contributed by atoms with E-state index in [4.69, 9.17) is 0 Å². The number of rotatable bonds is 3. The van der Waals surface area contributed by atoms with E-state index in [1.807, 2.05) is 0 Å². The Balaban J connectivity index is 3.56. The van der Waals surface area contributed by atoms with E-state index in [2.05, 4.69) is 42.3 Å². The summed E-state index contributed by atoms with van der Waals surface area (Å²) in [4.78, 5) is 0. The van der Waals surface area contributed by atoms with Crippen LogP contribution in [0.25, 0.3) is 0 Å². The Morgan fingerprint density at radius 2 is 1.00 bits per heavy atom. The van der Waals surface area contributed by atoms with Crippen LogP contribution in [0.4, 0.5) is 0 Å². The minimum atomic E-state index is 0.775. The molecule has 0 spiro atoms. The Kier molecular flexibility index (Phi) is 2.86. The third kappa shape index (κ3) is 7.92. The van der Waals surface area contributed by atoms with Crippen LogP contribution in [0.2, 0.25) is 0 Å². The zero-order valence-electron chi connectivity index (χ0n) is 7.72. The van der Waals surface area contributed by atoms with Gasteiger partial charge in [0.05, 0.1) is 0 Å². The van der Waals surface area contributed by atoms with Crippen LogP contribution in [-0.4, -0.2) is 50.2 Å². The summed E-state index contributed by atoms with van der Waals surface area (Å²) < 4.78 is 1.55.